The highest BCUT2D eigenvalue weighted by molar-refractivity contribution is 7.89. The van der Waals surface area contributed by atoms with E-state index >= 15 is 0 Å². The van der Waals surface area contributed by atoms with Crippen LogP contribution in [0.2, 0.25) is 0 Å². The van der Waals surface area contributed by atoms with Gasteiger partial charge in [0.05, 0.1) is 6.04 Å². The molecule has 9 heteroatoms. The first kappa shape index (κ1) is 20.0. The molecular weight excluding hydrogens is 438 g/mol. The number of hydrogen-bond acceptors (Lipinski definition) is 4. The largest absolute Gasteiger partial charge is 0.346 e. The molecule has 33 heavy (non-hydrogen) atoms. The molecule has 174 valence electrons. The lowest BCUT2D eigenvalue weighted by molar-refractivity contribution is -0.0138. The van der Waals surface area contributed by atoms with Crippen molar-refractivity contribution < 1.29 is 13.2 Å². The number of sulfonamides is 1. The highest BCUT2D eigenvalue weighted by Gasteiger charge is 2.60. The number of nitrogens with zero attached hydrogens (tertiary/aromatic N) is 3. The molecule has 0 spiro atoms. The lowest BCUT2D eigenvalue weighted by atomic mass is 9.44. The van der Waals surface area contributed by atoms with Crippen molar-refractivity contribution >= 4 is 27.1 Å². The normalized spacial score (nSPS) is 32.0. The molecule has 2 N–H and O–H groups in total. The van der Waals surface area contributed by atoms with Gasteiger partial charge in [0, 0.05) is 44.0 Å². The second kappa shape index (κ2) is 7.06. The first-order valence-electron chi connectivity index (χ1n) is 12.2. The standard InChI is InChI=1S/C24H29N5O3S/c30-24(27-22-17-4-3-15-10-19(17)21(15)22)28-12-16(13-28)33(31,32)29-8-5-14(6-9-29)20-11-26-23-18(20)2-1-7-25-23/h1-2,4,7,11,14-16,19,21-22H,3,5-6,8-10,12-13H2,(H,25,26)(H,27,30). The van der Waals surface area contributed by atoms with Gasteiger partial charge in [0.2, 0.25) is 10.0 Å². The number of pyridine rings is 1. The summed E-state index contributed by atoms with van der Waals surface area (Å²) in [6.07, 6.45) is 10.2. The van der Waals surface area contributed by atoms with Crippen LogP contribution in [-0.4, -0.2) is 71.1 Å². The minimum absolute atomic E-state index is 0.102. The van der Waals surface area contributed by atoms with E-state index < -0.39 is 15.3 Å². The maximum atomic E-state index is 13.2. The smallest absolute Gasteiger partial charge is 0.317 e. The number of urea groups is 1. The van der Waals surface area contributed by atoms with E-state index in [0.29, 0.717) is 43.9 Å². The van der Waals surface area contributed by atoms with Crippen LogP contribution >= 0.6 is 0 Å². The van der Waals surface area contributed by atoms with Crippen LogP contribution < -0.4 is 5.32 Å². The number of likely N-dealkylation sites (tertiary alicyclic amines) is 1. The van der Waals surface area contributed by atoms with E-state index in [-0.39, 0.29) is 12.1 Å². The molecule has 2 amide bonds. The van der Waals surface area contributed by atoms with E-state index in [1.807, 2.05) is 12.3 Å². The molecule has 0 radical (unpaired) electrons. The zero-order valence-electron chi connectivity index (χ0n) is 18.5. The Hall–Kier alpha value is -2.39. The lowest BCUT2D eigenvalue weighted by Gasteiger charge is -2.63. The van der Waals surface area contributed by atoms with Crippen molar-refractivity contribution in [2.45, 2.75) is 42.9 Å². The van der Waals surface area contributed by atoms with Crippen LogP contribution in [0.15, 0.2) is 36.2 Å². The van der Waals surface area contributed by atoms with Crippen molar-refractivity contribution in [3.63, 3.8) is 0 Å². The van der Waals surface area contributed by atoms with Crippen molar-refractivity contribution in [3.05, 3.63) is 41.7 Å². The summed E-state index contributed by atoms with van der Waals surface area (Å²) in [5, 5.41) is 3.82. The molecule has 6 aliphatic rings. The average Bonchev–Trinajstić information content (AvgIpc) is 3.22. The second-order valence-electron chi connectivity index (χ2n) is 10.4. The molecule has 4 heterocycles. The number of hydrogen-bond donors (Lipinski definition) is 2. The summed E-state index contributed by atoms with van der Waals surface area (Å²) in [5.41, 5.74) is 3.53. The van der Waals surface area contributed by atoms with Gasteiger partial charge in [-0.15, -0.1) is 0 Å². The molecule has 4 bridgehead atoms. The van der Waals surface area contributed by atoms with Gasteiger partial charge in [-0.25, -0.2) is 22.5 Å². The van der Waals surface area contributed by atoms with Crippen LogP contribution in [-0.2, 0) is 10.0 Å². The quantitative estimate of drug-likeness (QED) is 0.675. The van der Waals surface area contributed by atoms with Gasteiger partial charge in [0.1, 0.15) is 10.9 Å². The summed E-state index contributed by atoms with van der Waals surface area (Å²) in [7, 11) is -3.38. The minimum atomic E-state index is -3.38. The molecule has 2 aromatic heterocycles. The number of fused-ring (bicyclic) bond motifs is 2. The number of nitrogens with one attached hydrogen (secondary N) is 2. The van der Waals surface area contributed by atoms with Crippen LogP contribution in [0.3, 0.4) is 0 Å². The van der Waals surface area contributed by atoms with E-state index in [0.717, 1.165) is 29.8 Å². The monoisotopic (exact) mass is 467 g/mol. The van der Waals surface area contributed by atoms with Crippen molar-refractivity contribution in [1.29, 1.82) is 0 Å². The van der Waals surface area contributed by atoms with E-state index in [1.54, 1.807) is 15.4 Å². The zero-order chi connectivity index (χ0) is 22.3. The maximum absolute atomic E-state index is 13.2. The van der Waals surface area contributed by atoms with Crippen molar-refractivity contribution in [1.82, 2.24) is 24.5 Å². The molecule has 8 rings (SSSR count). The fraction of sp³-hybridized carbons (Fsp3) is 0.583. The number of carbonyl (C=O) groups is 1. The number of H-pyrrole nitrogens is 1. The Morgan fingerprint density at radius 2 is 2.03 bits per heavy atom. The minimum Gasteiger partial charge on any atom is -0.346 e. The number of rotatable bonds is 4. The fourth-order valence-electron chi connectivity index (χ4n) is 6.93. The van der Waals surface area contributed by atoms with Crippen LogP contribution in [0.4, 0.5) is 4.79 Å². The fourth-order valence-corrected chi connectivity index (χ4v) is 8.81. The van der Waals surface area contributed by atoms with Crippen molar-refractivity contribution in [2.24, 2.45) is 17.8 Å². The Kier molecular flexibility index (Phi) is 4.28. The highest BCUT2D eigenvalue weighted by atomic mass is 32.2. The molecule has 0 aromatic carbocycles. The third-order valence-corrected chi connectivity index (χ3v) is 11.2. The van der Waals surface area contributed by atoms with Crippen molar-refractivity contribution in [2.75, 3.05) is 26.2 Å². The van der Waals surface area contributed by atoms with E-state index in [2.05, 4.69) is 27.4 Å². The number of allylic oxidation sites excluding steroid dienone is 1. The molecule has 2 saturated heterocycles. The Balaban J connectivity index is 0.943. The first-order chi connectivity index (χ1) is 16.0. The van der Waals surface area contributed by atoms with Crippen LogP contribution in [0, 0.1) is 17.8 Å². The highest BCUT2D eigenvalue weighted by Crippen LogP contribution is 2.62. The van der Waals surface area contributed by atoms with Crippen LogP contribution in [0.1, 0.15) is 37.2 Å². The van der Waals surface area contributed by atoms with E-state index in [4.69, 9.17) is 0 Å². The van der Waals surface area contributed by atoms with Gasteiger partial charge in [0.25, 0.3) is 0 Å². The average molecular weight is 468 g/mol. The van der Waals surface area contributed by atoms with Gasteiger partial charge in [-0.3, -0.25) is 0 Å². The SMILES string of the molecule is O=C(NC1C2=CCC3CC2C31)N1CC(S(=O)(=O)N2CCC(c3c[nH]c4ncccc34)CC2)C1. The zero-order valence-corrected chi connectivity index (χ0v) is 19.3. The molecule has 4 aliphatic carbocycles. The van der Waals surface area contributed by atoms with Gasteiger partial charge in [-0.2, -0.15) is 0 Å². The molecule has 4 unspecified atom stereocenters. The van der Waals surface area contributed by atoms with E-state index in [1.165, 1.54) is 24.0 Å². The summed E-state index contributed by atoms with van der Waals surface area (Å²) in [6.45, 7) is 1.66. The second-order valence-corrected chi connectivity index (χ2v) is 12.6. The Labute approximate surface area is 193 Å². The Morgan fingerprint density at radius 3 is 2.73 bits per heavy atom. The summed E-state index contributed by atoms with van der Waals surface area (Å²) in [5.74, 6) is 2.41. The van der Waals surface area contributed by atoms with Gasteiger partial charge in [0.15, 0.2) is 0 Å². The summed E-state index contributed by atoms with van der Waals surface area (Å²) >= 11 is 0. The predicted octanol–water partition coefficient (Wildman–Crippen LogP) is 2.43. The predicted molar refractivity (Wildman–Crippen MR) is 124 cm³/mol. The molecule has 4 atom stereocenters. The molecular formula is C24H29N5O3S. The number of aromatic amines is 1. The molecule has 8 nitrogen and oxygen atoms in total. The molecule has 2 saturated carbocycles. The molecule has 2 aliphatic heterocycles. The number of carbonyl (C=O) groups excluding carboxylic acids is 1. The molecule has 2 aromatic rings. The summed E-state index contributed by atoms with van der Waals surface area (Å²) in [6, 6.07) is 4.11. The third-order valence-electron chi connectivity index (χ3n) is 8.97. The maximum Gasteiger partial charge on any atom is 0.317 e. The lowest BCUT2D eigenvalue weighted by Crippen LogP contribution is -2.69. The van der Waals surface area contributed by atoms with Crippen LogP contribution in [0.25, 0.3) is 11.0 Å². The van der Waals surface area contributed by atoms with Gasteiger partial charge < -0.3 is 15.2 Å². The van der Waals surface area contributed by atoms with Crippen LogP contribution in [0.5, 0.6) is 0 Å². The summed E-state index contributed by atoms with van der Waals surface area (Å²) in [4.78, 5) is 21.9. The van der Waals surface area contributed by atoms with Gasteiger partial charge in [-0.05, 0) is 72.6 Å². The summed E-state index contributed by atoms with van der Waals surface area (Å²) < 4.78 is 28.0. The van der Waals surface area contributed by atoms with Gasteiger partial charge >= 0.3 is 6.03 Å². The first-order valence-corrected chi connectivity index (χ1v) is 13.7. The topological polar surface area (TPSA) is 98.4 Å². The number of piperidine rings is 1. The molecule has 4 fully saturated rings. The number of aromatic nitrogens is 2. The van der Waals surface area contributed by atoms with Gasteiger partial charge in [-0.1, -0.05) is 6.08 Å². The third kappa shape index (κ3) is 2.87. The Bertz CT molecular complexity index is 1260. The van der Waals surface area contributed by atoms with Crippen molar-refractivity contribution in [3.8, 4) is 0 Å². The number of amides is 2. The Morgan fingerprint density at radius 1 is 1.21 bits per heavy atom. The van der Waals surface area contributed by atoms with E-state index in [9.17, 15) is 13.2 Å².